The van der Waals surface area contributed by atoms with Gasteiger partial charge in [-0.15, -0.1) is 0 Å². The van der Waals surface area contributed by atoms with E-state index < -0.39 is 12.0 Å². The van der Waals surface area contributed by atoms with Gasteiger partial charge in [0.1, 0.15) is 0 Å². The molecule has 5 heteroatoms. The topological polar surface area (TPSA) is 69.6 Å². The van der Waals surface area contributed by atoms with Crippen LogP contribution in [0.25, 0.3) is 10.8 Å². The van der Waals surface area contributed by atoms with Gasteiger partial charge in [0.25, 0.3) is 0 Å². The monoisotopic (exact) mass is 360 g/mol. The highest BCUT2D eigenvalue weighted by Crippen LogP contribution is 2.34. The average molecular weight is 360 g/mol. The number of fused-ring (bicyclic) bond motifs is 1. The lowest BCUT2D eigenvalue weighted by atomic mass is 9.88. The Balaban J connectivity index is 1.63. The molecular weight excluding hydrogens is 340 g/mol. The van der Waals surface area contributed by atoms with Crippen LogP contribution in [0.3, 0.4) is 0 Å². The Bertz CT molecular complexity index is 982. The van der Waals surface area contributed by atoms with Gasteiger partial charge >= 0.3 is 6.09 Å². The summed E-state index contributed by atoms with van der Waals surface area (Å²) in [5.41, 5.74) is 1.73. The Morgan fingerprint density at radius 2 is 1.59 bits per heavy atom. The molecule has 0 spiro atoms. The van der Waals surface area contributed by atoms with Gasteiger partial charge in [-0.3, -0.25) is 4.79 Å². The van der Waals surface area contributed by atoms with E-state index in [1.165, 1.54) is 4.90 Å². The molecule has 0 saturated carbocycles. The van der Waals surface area contributed by atoms with Crippen LogP contribution in [-0.2, 0) is 4.79 Å². The van der Waals surface area contributed by atoms with Crippen LogP contribution in [-0.4, -0.2) is 35.1 Å². The van der Waals surface area contributed by atoms with Crippen LogP contribution < -0.4 is 5.32 Å². The summed E-state index contributed by atoms with van der Waals surface area (Å²) in [7, 11) is 0. The maximum Gasteiger partial charge on any atom is 0.407 e. The highest BCUT2D eigenvalue weighted by Gasteiger charge is 2.40. The molecule has 136 valence electrons. The van der Waals surface area contributed by atoms with Crippen molar-refractivity contribution in [3.8, 4) is 0 Å². The zero-order chi connectivity index (χ0) is 18.8. The highest BCUT2D eigenvalue weighted by atomic mass is 16.4. The molecule has 2 atom stereocenters. The summed E-state index contributed by atoms with van der Waals surface area (Å²) in [4.78, 5) is 25.9. The normalized spacial score (nSPS) is 19.2. The second-order valence-electron chi connectivity index (χ2n) is 6.83. The summed E-state index contributed by atoms with van der Waals surface area (Å²) in [6, 6.07) is 23.3. The Hall–Kier alpha value is -3.34. The summed E-state index contributed by atoms with van der Waals surface area (Å²) >= 11 is 0. The number of benzene rings is 3. The third-order valence-corrected chi connectivity index (χ3v) is 5.20. The summed E-state index contributed by atoms with van der Waals surface area (Å²) < 4.78 is 0. The van der Waals surface area contributed by atoms with Gasteiger partial charge in [0, 0.05) is 30.1 Å². The number of hydrogen-bond donors (Lipinski definition) is 2. The van der Waals surface area contributed by atoms with E-state index in [2.05, 4.69) is 5.32 Å². The number of hydrogen-bond acceptors (Lipinski definition) is 2. The van der Waals surface area contributed by atoms with Crippen LogP contribution in [0.4, 0.5) is 10.5 Å². The van der Waals surface area contributed by atoms with Crippen molar-refractivity contribution in [3.05, 3.63) is 78.4 Å². The average Bonchev–Trinajstić information content (AvgIpc) is 3.15. The van der Waals surface area contributed by atoms with E-state index in [4.69, 9.17) is 0 Å². The van der Waals surface area contributed by atoms with Gasteiger partial charge in [-0.2, -0.15) is 0 Å². The zero-order valence-corrected chi connectivity index (χ0v) is 14.7. The smallest absolute Gasteiger partial charge is 0.407 e. The van der Waals surface area contributed by atoms with Crippen LogP contribution in [0.1, 0.15) is 11.5 Å². The van der Waals surface area contributed by atoms with Crippen LogP contribution in [0.5, 0.6) is 0 Å². The number of anilines is 1. The van der Waals surface area contributed by atoms with Crippen LogP contribution in [0, 0.1) is 5.92 Å². The van der Waals surface area contributed by atoms with E-state index in [9.17, 15) is 14.7 Å². The number of carbonyl (C=O) groups is 2. The molecule has 1 aliphatic heterocycles. The Morgan fingerprint density at radius 3 is 2.37 bits per heavy atom. The summed E-state index contributed by atoms with van der Waals surface area (Å²) in [6.07, 6.45) is -0.989. The van der Waals surface area contributed by atoms with Gasteiger partial charge < -0.3 is 15.3 Å². The van der Waals surface area contributed by atoms with Crippen molar-refractivity contribution in [1.29, 1.82) is 0 Å². The molecule has 27 heavy (non-hydrogen) atoms. The minimum atomic E-state index is -0.989. The van der Waals surface area contributed by atoms with E-state index in [1.54, 1.807) is 0 Å². The molecule has 3 aromatic rings. The third kappa shape index (κ3) is 3.36. The zero-order valence-electron chi connectivity index (χ0n) is 14.7. The molecule has 1 heterocycles. The molecule has 2 N–H and O–H groups in total. The molecule has 5 nitrogen and oxygen atoms in total. The lowest BCUT2D eigenvalue weighted by Crippen LogP contribution is -2.30. The summed E-state index contributed by atoms with van der Waals surface area (Å²) in [5, 5.41) is 14.4. The number of likely N-dealkylation sites (tertiary alicyclic amines) is 1. The molecule has 2 amide bonds. The Labute approximate surface area is 157 Å². The lowest BCUT2D eigenvalue weighted by Gasteiger charge is -2.18. The number of nitrogens with zero attached hydrogens (tertiary/aromatic N) is 1. The number of nitrogens with one attached hydrogen (secondary N) is 1. The van der Waals surface area contributed by atoms with Crippen LogP contribution in [0.15, 0.2) is 72.8 Å². The molecule has 0 bridgehead atoms. The van der Waals surface area contributed by atoms with Crippen molar-refractivity contribution in [3.63, 3.8) is 0 Å². The number of amides is 2. The van der Waals surface area contributed by atoms with E-state index in [0.717, 1.165) is 22.0 Å². The molecule has 0 radical (unpaired) electrons. The number of rotatable bonds is 3. The van der Waals surface area contributed by atoms with Crippen molar-refractivity contribution < 1.29 is 14.7 Å². The fourth-order valence-electron chi connectivity index (χ4n) is 3.82. The summed E-state index contributed by atoms with van der Waals surface area (Å²) in [5.74, 6) is -0.733. The molecule has 0 aromatic heterocycles. The SMILES string of the molecule is O=C(Nc1cccc2ccccc12)C1CN(C(=O)O)CC1c1ccccc1. The number of carbonyl (C=O) groups excluding carboxylic acids is 1. The lowest BCUT2D eigenvalue weighted by molar-refractivity contribution is -0.119. The molecular formula is C22H20N2O3. The second kappa shape index (κ2) is 7.11. The van der Waals surface area contributed by atoms with Crippen molar-refractivity contribution in [1.82, 2.24) is 4.90 Å². The molecule has 2 unspecified atom stereocenters. The first-order chi connectivity index (χ1) is 13.1. The van der Waals surface area contributed by atoms with Crippen molar-refractivity contribution in [2.24, 2.45) is 5.92 Å². The van der Waals surface area contributed by atoms with E-state index >= 15 is 0 Å². The van der Waals surface area contributed by atoms with Crippen LogP contribution in [0.2, 0.25) is 0 Å². The maximum atomic E-state index is 13.1. The Kier molecular flexibility index (Phi) is 4.50. The fourth-order valence-corrected chi connectivity index (χ4v) is 3.82. The van der Waals surface area contributed by atoms with Gasteiger partial charge in [0.15, 0.2) is 0 Å². The minimum absolute atomic E-state index is 0.149. The second-order valence-corrected chi connectivity index (χ2v) is 6.83. The van der Waals surface area contributed by atoms with Crippen LogP contribution >= 0.6 is 0 Å². The highest BCUT2D eigenvalue weighted by molar-refractivity contribution is 6.03. The van der Waals surface area contributed by atoms with Crippen molar-refractivity contribution >= 4 is 28.5 Å². The molecule has 1 aliphatic rings. The van der Waals surface area contributed by atoms with Crippen molar-refractivity contribution in [2.75, 3.05) is 18.4 Å². The first-order valence-corrected chi connectivity index (χ1v) is 8.95. The van der Waals surface area contributed by atoms with Crippen molar-refractivity contribution in [2.45, 2.75) is 5.92 Å². The molecule has 4 rings (SSSR count). The van der Waals surface area contributed by atoms with Gasteiger partial charge in [0.05, 0.1) is 5.92 Å². The van der Waals surface area contributed by atoms with E-state index in [1.807, 2.05) is 72.8 Å². The Morgan fingerprint density at radius 1 is 0.889 bits per heavy atom. The fraction of sp³-hybridized carbons (Fsp3) is 0.182. The maximum absolute atomic E-state index is 13.1. The summed E-state index contributed by atoms with van der Waals surface area (Å²) in [6.45, 7) is 0.526. The van der Waals surface area contributed by atoms with E-state index in [-0.39, 0.29) is 18.4 Å². The number of carboxylic acid groups (broad SMARTS) is 1. The predicted octanol–water partition coefficient (Wildman–Crippen LogP) is 4.17. The van der Waals surface area contributed by atoms with Gasteiger partial charge in [-0.1, -0.05) is 66.7 Å². The third-order valence-electron chi connectivity index (χ3n) is 5.20. The minimum Gasteiger partial charge on any atom is -0.465 e. The predicted molar refractivity (Wildman–Crippen MR) is 105 cm³/mol. The molecule has 1 fully saturated rings. The molecule has 0 aliphatic carbocycles. The first-order valence-electron chi connectivity index (χ1n) is 8.95. The van der Waals surface area contributed by atoms with Gasteiger partial charge in [-0.05, 0) is 17.0 Å². The molecule has 1 saturated heterocycles. The van der Waals surface area contributed by atoms with Gasteiger partial charge in [-0.25, -0.2) is 4.79 Å². The quantitative estimate of drug-likeness (QED) is 0.736. The first kappa shape index (κ1) is 17.1. The standard InChI is InChI=1S/C22H20N2O3/c25-21(23-20-12-6-10-15-9-4-5-11-17(15)20)19-14-24(22(26)27)13-18(19)16-7-2-1-3-8-16/h1-12,18-19H,13-14H2,(H,23,25)(H,26,27). The molecule has 3 aromatic carbocycles. The van der Waals surface area contributed by atoms with E-state index in [0.29, 0.717) is 6.54 Å². The largest absolute Gasteiger partial charge is 0.465 e. The van der Waals surface area contributed by atoms with Gasteiger partial charge in [0.2, 0.25) is 5.91 Å².